The topological polar surface area (TPSA) is 41.3 Å². The van der Waals surface area contributed by atoms with E-state index in [4.69, 9.17) is 4.98 Å². The monoisotopic (exact) mass is 371 g/mol. The minimum Gasteiger partial charge on any atom is -0.508 e. The Kier molecular flexibility index (Phi) is 4.87. The van der Waals surface area contributed by atoms with Crippen LogP contribution in [0.2, 0.25) is 0 Å². The van der Waals surface area contributed by atoms with Gasteiger partial charge in [-0.3, -0.25) is 4.90 Å². The number of fused-ring (bicyclic) bond motifs is 1. The van der Waals surface area contributed by atoms with Gasteiger partial charge in [-0.25, -0.2) is 9.37 Å². The summed E-state index contributed by atoms with van der Waals surface area (Å²) in [6, 6.07) is 10.2. The molecule has 0 spiro atoms. The van der Waals surface area contributed by atoms with Gasteiger partial charge < -0.3 is 9.67 Å². The van der Waals surface area contributed by atoms with Gasteiger partial charge in [0.25, 0.3) is 0 Å². The number of halogens is 1. The fourth-order valence-corrected chi connectivity index (χ4v) is 4.36. The van der Waals surface area contributed by atoms with Gasteiger partial charge in [0.2, 0.25) is 0 Å². The number of likely N-dealkylation sites (tertiary alicyclic amines) is 1. The molecular formula is C20H22FN3OS. The van der Waals surface area contributed by atoms with Gasteiger partial charge in [-0.1, -0.05) is 0 Å². The van der Waals surface area contributed by atoms with E-state index in [1.165, 1.54) is 25.0 Å². The van der Waals surface area contributed by atoms with Crippen LogP contribution in [0.5, 0.6) is 5.75 Å². The SMILES string of the molecule is Cn1c(CSc2ccc(F)cc2)nc2c(CN3CCCC3)c(O)ccc21. The lowest BCUT2D eigenvalue weighted by Crippen LogP contribution is -2.18. The van der Waals surface area contributed by atoms with E-state index in [0.29, 0.717) is 11.5 Å². The summed E-state index contributed by atoms with van der Waals surface area (Å²) in [7, 11) is 2.01. The third-order valence-electron chi connectivity index (χ3n) is 4.99. The Hall–Kier alpha value is -2.05. The number of aromatic hydroxyl groups is 1. The van der Waals surface area contributed by atoms with E-state index in [1.54, 1.807) is 30.0 Å². The summed E-state index contributed by atoms with van der Waals surface area (Å²) >= 11 is 1.63. The largest absolute Gasteiger partial charge is 0.508 e. The highest BCUT2D eigenvalue weighted by Gasteiger charge is 2.19. The number of hydrogen-bond acceptors (Lipinski definition) is 4. The van der Waals surface area contributed by atoms with Gasteiger partial charge in [-0.05, 0) is 62.3 Å². The van der Waals surface area contributed by atoms with Gasteiger partial charge in [0, 0.05) is 24.1 Å². The zero-order valence-electron chi connectivity index (χ0n) is 14.8. The third kappa shape index (κ3) is 3.44. The molecule has 1 aromatic heterocycles. The number of imidazole rings is 1. The van der Waals surface area contributed by atoms with Crippen molar-refractivity contribution in [2.75, 3.05) is 13.1 Å². The second-order valence-corrected chi connectivity index (χ2v) is 7.79. The maximum Gasteiger partial charge on any atom is 0.123 e. The maximum atomic E-state index is 13.0. The Morgan fingerprint density at radius 1 is 1.12 bits per heavy atom. The predicted octanol–water partition coefficient (Wildman–Crippen LogP) is 4.31. The Morgan fingerprint density at radius 2 is 1.85 bits per heavy atom. The smallest absolute Gasteiger partial charge is 0.123 e. The van der Waals surface area contributed by atoms with Crippen LogP contribution in [0, 0.1) is 5.82 Å². The first-order chi connectivity index (χ1) is 12.6. The van der Waals surface area contributed by atoms with Crippen LogP contribution in [0.3, 0.4) is 0 Å². The molecule has 0 saturated carbocycles. The van der Waals surface area contributed by atoms with E-state index in [1.807, 2.05) is 13.1 Å². The quantitative estimate of drug-likeness (QED) is 0.679. The number of aryl methyl sites for hydroxylation is 1. The van der Waals surface area contributed by atoms with Gasteiger partial charge in [0.1, 0.15) is 17.4 Å². The van der Waals surface area contributed by atoms with Crippen molar-refractivity contribution in [2.24, 2.45) is 7.05 Å². The van der Waals surface area contributed by atoms with Crippen LogP contribution in [0.4, 0.5) is 4.39 Å². The van der Waals surface area contributed by atoms with E-state index in [-0.39, 0.29) is 5.82 Å². The summed E-state index contributed by atoms with van der Waals surface area (Å²) in [4.78, 5) is 8.21. The molecule has 0 amide bonds. The second-order valence-electron chi connectivity index (χ2n) is 6.74. The van der Waals surface area contributed by atoms with Crippen LogP contribution < -0.4 is 0 Å². The number of phenols is 1. The fourth-order valence-electron chi connectivity index (χ4n) is 3.48. The number of aromatic nitrogens is 2. The molecule has 1 aliphatic rings. The first-order valence-electron chi connectivity index (χ1n) is 8.88. The van der Waals surface area contributed by atoms with Crippen molar-refractivity contribution in [1.82, 2.24) is 14.5 Å². The van der Waals surface area contributed by atoms with Crippen molar-refractivity contribution in [3.63, 3.8) is 0 Å². The molecule has 1 saturated heterocycles. The van der Waals surface area contributed by atoms with Crippen molar-refractivity contribution in [2.45, 2.75) is 30.0 Å². The summed E-state index contributed by atoms with van der Waals surface area (Å²) in [6.07, 6.45) is 2.44. The molecule has 1 N–H and O–H groups in total. The number of nitrogens with zero attached hydrogens (tertiary/aromatic N) is 3. The van der Waals surface area contributed by atoms with E-state index >= 15 is 0 Å². The summed E-state index contributed by atoms with van der Waals surface area (Å²) in [5.41, 5.74) is 2.83. The van der Waals surface area contributed by atoms with E-state index in [9.17, 15) is 9.50 Å². The van der Waals surface area contributed by atoms with Crippen molar-refractivity contribution < 1.29 is 9.50 Å². The lowest BCUT2D eigenvalue weighted by atomic mass is 10.1. The van der Waals surface area contributed by atoms with Gasteiger partial charge in [0.15, 0.2) is 0 Å². The molecule has 2 aromatic carbocycles. The van der Waals surface area contributed by atoms with Gasteiger partial charge in [-0.15, -0.1) is 11.8 Å². The minimum atomic E-state index is -0.223. The van der Waals surface area contributed by atoms with Crippen LogP contribution in [0.25, 0.3) is 11.0 Å². The summed E-state index contributed by atoms with van der Waals surface area (Å²) in [5.74, 6) is 1.74. The fraction of sp³-hybridized carbons (Fsp3) is 0.350. The second kappa shape index (κ2) is 7.29. The zero-order chi connectivity index (χ0) is 18.1. The highest BCUT2D eigenvalue weighted by Crippen LogP contribution is 2.31. The predicted molar refractivity (Wildman–Crippen MR) is 103 cm³/mol. The first kappa shape index (κ1) is 17.4. The summed E-state index contributed by atoms with van der Waals surface area (Å²) in [5, 5.41) is 10.4. The summed E-state index contributed by atoms with van der Waals surface area (Å²) in [6.45, 7) is 2.90. The first-order valence-corrected chi connectivity index (χ1v) is 9.87. The Balaban J connectivity index is 1.61. The molecule has 1 aliphatic heterocycles. The van der Waals surface area contributed by atoms with Crippen LogP contribution in [-0.2, 0) is 19.3 Å². The number of rotatable bonds is 5. The molecule has 1 fully saturated rings. The molecule has 3 aromatic rings. The van der Waals surface area contributed by atoms with Crippen molar-refractivity contribution in [1.29, 1.82) is 0 Å². The van der Waals surface area contributed by atoms with E-state index < -0.39 is 0 Å². The molecule has 6 heteroatoms. The zero-order valence-corrected chi connectivity index (χ0v) is 15.6. The number of hydrogen-bond donors (Lipinski definition) is 1. The number of benzene rings is 2. The lowest BCUT2D eigenvalue weighted by Gasteiger charge is -2.15. The molecule has 0 bridgehead atoms. The van der Waals surface area contributed by atoms with Crippen molar-refractivity contribution >= 4 is 22.8 Å². The molecule has 4 nitrogen and oxygen atoms in total. The average molecular weight is 371 g/mol. The van der Waals surface area contributed by atoms with Gasteiger partial charge >= 0.3 is 0 Å². The lowest BCUT2D eigenvalue weighted by molar-refractivity contribution is 0.325. The maximum absolute atomic E-state index is 13.0. The molecular weight excluding hydrogens is 349 g/mol. The summed E-state index contributed by atoms with van der Waals surface area (Å²) < 4.78 is 15.1. The molecule has 0 radical (unpaired) electrons. The average Bonchev–Trinajstić information content (AvgIpc) is 3.25. The molecule has 0 atom stereocenters. The normalized spacial score (nSPS) is 15.2. The number of phenolic OH excluding ortho intramolecular Hbond substituents is 1. The van der Waals surface area contributed by atoms with Crippen molar-refractivity contribution in [3.05, 3.63) is 53.6 Å². The van der Waals surface area contributed by atoms with Crippen LogP contribution in [0.1, 0.15) is 24.2 Å². The highest BCUT2D eigenvalue weighted by molar-refractivity contribution is 7.98. The Bertz CT molecular complexity index is 917. The molecule has 0 unspecified atom stereocenters. The molecule has 26 heavy (non-hydrogen) atoms. The standard InChI is InChI=1S/C20H22FN3OS/c1-23-17-8-9-18(25)16(12-24-10-2-3-11-24)20(17)22-19(23)13-26-15-6-4-14(21)5-7-15/h4-9,25H,2-3,10-13H2,1H3. The molecule has 136 valence electrons. The Morgan fingerprint density at radius 3 is 2.58 bits per heavy atom. The van der Waals surface area contributed by atoms with Crippen LogP contribution in [-0.4, -0.2) is 32.6 Å². The van der Waals surface area contributed by atoms with Gasteiger partial charge in [-0.2, -0.15) is 0 Å². The minimum absolute atomic E-state index is 0.223. The van der Waals surface area contributed by atoms with Crippen LogP contribution >= 0.6 is 11.8 Å². The van der Waals surface area contributed by atoms with E-state index in [0.717, 1.165) is 47.0 Å². The van der Waals surface area contributed by atoms with Gasteiger partial charge in [0.05, 0.1) is 16.8 Å². The van der Waals surface area contributed by atoms with Crippen molar-refractivity contribution in [3.8, 4) is 5.75 Å². The molecule has 0 aliphatic carbocycles. The highest BCUT2D eigenvalue weighted by atomic mass is 32.2. The van der Waals surface area contributed by atoms with E-state index in [2.05, 4.69) is 9.47 Å². The molecule has 4 rings (SSSR count). The number of thioether (sulfide) groups is 1. The van der Waals surface area contributed by atoms with Crippen LogP contribution in [0.15, 0.2) is 41.3 Å². The molecule has 2 heterocycles. The Labute approximate surface area is 156 Å². The third-order valence-corrected chi connectivity index (χ3v) is 6.00.